The van der Waals surface area contributed by atoms with Gasteiger partial charge in [-0.3, -0.25) is 0 Å². The molecule has 19 heavy (non-hydrogen) atoms. The van der Waals surface area contributed by atoms with Crippen LogP contribution in [-0.4, -0.2) is 19.3 Å². The lowest BCUT2D eigenvalue weighted by molar-refractivity contribution is 0.157. The van der Waals surface area contributed by atoms with Crippen molar-refractivity contribution < 1.29 is 14.2 Å². The summed E-state index contributed by atoms with van der Waals surface area (Å²) in [5, 5.41) is 0. The molecule has 0 fully saturated rings. The quantitative estimate of drug-likeness (QED) is 0.749. The van der Waals surface area contributed by atoms with Gasteiger partial charge in [-0.05, 0) is 32.4 Å². The van der Waals surface area contributed by atoms with Gasteiger partial charge in [0.15, 0.2) is 11.5 Å². The highest BCUT2D eigenvalue weighted by molar-refractivity contribution is 5.66. The van der Waals surface area contributed by atoms with Gasteiger partial charge >= 0.3 is 0 Å². The van der Waals surface area contributed by atoms with Crippen molar-refractivity contribution in [1.29, 1.82) is 0 Å². The summed E-state index contributed by atoms with van der Waals surface area (Å²) in [6, 6.07) is 3.89. The Morgan fingerprint density at radius 3 is 2.68 bits per heavy atom. The molecule has 0 spiro atoms. The molecular formula is C16H22O3. The molecule has 2 rings (SSSR count). The van der Waals surface area contributed by atoms with E-state index in [2.05, 4.69) is 13.0 Å². The van der Waals surface area contributed by atoms with Gasteiger partial charge in [0.2, 0.25) is 0 Å². The highest BCUT2D eigenvalue weighted by Crippen LogP contribution is 2.39. The van der Waals surface area contributed by atoms with Crippen molar-refractivity contribution in [2.75, 3.05) is 13.7 Å². The number of benzene rings is 1. The molecule has 3 nitrogen and oxygen atoms in total. The maximum absolute atomic E-state index is 5.94. The standard InChI is InChI=1S/C16H22O3/c1-5-6-9-18-15-11-13-12(10-14(15)17-4)7-8-16(2,3)19-13/h7-8,10-11H,5-6,9H2,1-4H3. The Kier molecular flexibility index (Phi) is 4.03. The molecule has 1 heterocycles. The van der Waals surface area contributed by atoms with E-state index in [1.807, 2.05) is 32.1 Å². The van der Waals surface area contributed by atoms with E-state index in [4.69, 9.17) is 14.2 Å². The van der Waals surface area contributed by atoms with Gasteiger partial charge in [0, 0.05) is 11.6 Å². The minimum atomic E-state index is -0.276. The Morgan fingerprint density at radius 2 is 2.00 bits per heavy atom. The van der Waals surface area contributed by atoms with Crippen LogP contribution in [0.2, 0.25) is 0 Å². The van der Waals surface area contributed by atoms with Gasteiger partial charge in [-0.25, -0.2) is 0 Å². The SMILES string of the molecule is CCCCOc1cc2c(cc1OC)C=CC(C)(C)O2. The van der Waals surface area contributed by atoms with Crippen LogP contribution in [0.5, 0.6) is 17.2 Å². The van der Waals surface area contributed by atoms with E-state index in [0.29, 0.717) is 6.61 Å². The number of rotatable bonds is 5. The molecule has 1 aromatic rings. The first-order chi connectivity index (χ1) is 9.05. The molecule has 1 aromatic carbocycles. The maximum Gasteiger partial charge on any atom is 0.164 e. The monoisotopic (exact) mass is 262 g/mol. The Labute approximate surface area is 115 Å². The average Bonchev–Trinajstić information content (AvgIpc) is 2.37. The molecule has 0 unspecified atom stereocenters. The van der Waals surface area contributed by atoms with Gasteiger partial charge in [0.25, 0.3) is 0 Å². The molecule has 0 N–H and O–H groups in total. The van der Waals surface area contributed by atoms with Crippen molar-refractivity contribution in [3.05, 3.63) is 23.8 Å². The van der Waals surface area contributed by atoms with Crippen molar-refractivity contribution >= 4 is 6.08 Å². The van der Waals surface area contributed by atoms with E-state index in [1.54, 1.807) is 7.11 Å². The van der Waals surface area contributed by atoms with Gasteiger partial charge in [0.1, 0.15) is 11.4 Å². The van der Waals surface area contributed by atoms with Gasteiger partial charge in [0.05, 0.1) is 13.7 Å². The topological polar surface area (TPSA) is 27.7 Å². The van der Waals surface area contributed by atoms with Crippen molar-refractivity contribution in [3.63, 3.8) is 0 Å². The van der Waals surface area contributed by atoms with Crippen LogP contribution < -0.4 is 14.2 Å². The molecule has 0 amide bonds. The Bertz CT molecular complexity index is 475. The minimum Gasteiger partial charge on any atom is -0.493 e. The first-order valence-electron chi connectivity index (χ1n) is 6.79. The van der Waals surface area contributed by atoms with Crippen molar-refractivity contribution in [3.8, 4) is 17.2 Å². The van der Waals surface area contributed by atoms with Crippen LogP contribution in [0.4, 0.5) is 0 Å². The zero-order valence-electron chi connectivity index (χ0n) is 12.2. The molecule has 0 aromatic heterocycles. The summed E-state index contributed by atoms with van der Waals surface area (Å²) < 4.78 is 17.1. The second-order valence-electron chi connectivity index (χ2n) is 5.28. The summed E-state index contributed by atoms with van der Waals surface area (Å²) >= 11 is 0. The number of fused-ring (bicyclic) bond motifs is 1. The van der Waals surface area contributed by atoms with Crippen molar-refractivity contribution in [2.45, 2.75) is 39.2 Å². The second-order valence-corrected chi connectivity index (χ2v) is 5.28. The Balaban J connectivity index is 2.27. The lowest BCUT2D eigenvalue weighted by atomic mass is 10.0. The fraction of sp³-hybridized carbons (Fsp3) is 0.500. The van der Waals surface area contributed by atoms with Crippen LogP contribution in [0.15, 0.2) is 18.2 Å². The highest BCUT2D eigenvalue weighted by atomic mass is 16.5. The number of ether oxygens (including phenoxy) is 3. The summed E-state index contributed by atoms with van der Waals surface area (Å²) in [5.74, 6) is 2.35. The maximum atomic E-state index is 5.94. The Morgan fingerprint density at radius 1 is 1.21 bits per heavy atom. The predicted octanol–water partition coefficient (Wildman–Crippen LogP) is 4.06. The molecule has 0 radical (unpaired) electrons. The number of hydrogen-bond acceptors (Lipinski definition) is 3. The molecule has 0 aliphatic carbocycles. The zero-order chi connectivity index (χ0) is 13.9. The predicted molar refractivity (Wildman–Crippen MR) is 77.1 cm³/mol. The van der Waals surface area contributed by atoms with Crippen molar-refractivity contribution in [1.82, 2.24) is 0 Å². The van der Waals surface area contributed by atoms with E-state index in [9.17, 15) is 0 Å². The second kappa shape index (κ2) is 5.55. The van der Waals surface area contributed by atoms with Gasteiger partial charge in [-0.1, -0.05) is 19.4 Å². The lowest BCUT2D eigenvalue weighted by Gasteiger charge is -2.28. The Hall–Kier alpha value is -1.64. The first-order valence-corrected chi connectivity index (χ1v) is 6.79. The minimum absolute atomic E-state index is 0.276. The van der Waals surface area contributed by atoms with Crippen LogP contribution in [0, 0.1) is 0 Å². The molecule has 3 heteroatoms. The van der Waals surface area contributed by atoms with Crippen LogP contribution >= 0.6 is 0 Å². The average molecular weight is 262 g/mol. The summed E-state index contributed by atoms with van der Waals surface area (Å²) in [6.07, 6.45) is 6.26. The normalized spacial score (nSPS) is 15.6. The van der Waals surface area contributed by atoms with Crippen LogP contribution in [0.3, 0.4) is 0 Å². The molecule has 104 valence electrons. The van der Waals surface area contributed by atoms with Crippen molar-refractivity contribution in [2.24, 2.45) is 0 Å². The lowest BCUT2D eigenvalue weighted by Crippen LogP contribution is -2.27. The number of unbranched alkanes of at least 4 members (excludes halogenated alkanes) is 1. The molecule has 0 atom stereocenters. The third-order valence-electron chi connectivity index (χ3n) is 3.09. The largest absolute Gasteiger partial charge is 0.493 e. The molecular weight excluding hydrogens is 240 g/mol. The summed E-state index contributed by atoms with van der Waals surface area (Å²) in [6.45, 7) is 6.91. The third-order valence-corrected chi connectivity index (χ3v) is 3.09. The molecule has 1 aliphatic rings. The zero-order valence-corrected chi connectivity index (χ0v) is 12.2. The fourth-order valence-corrected chi connectivity index (χ4v) is 1.98. The summed E-state index contributed by atoms with van der Waals surface area (Å²) in [5.41, 5.74) is 0.751. The van der Waals surface area contributed by atoms with Gasteiger partial charge in [-0.2, -0.15) is 0 Å². The summed E-state index contributed by atoms with van der Waals surface area (Å²) in [7, 11) is 1.66. The highest BCUT2D eigenvalue weighted by Gasteiger charge is 2.23. The molecule has 0 saturated heterocycles. The first kappa shape index (κ1) is 13.8. The van der Waals surface area contributed by atoms with E-state index in [-0.39, 0.29) is 5.60 Å². The van der Waals surface area contributed by atoms with E-state index >= 15 is 0 Å². The molecule has 0 bridgehead atoms. The summed E-state index contributed by atoms with van der Waals surface area (Å²) in [4.78, 5) is 0. The molecule has 0 saturated carbocycles. The molecule has 1 aliphatic heterocycles. The van der Waals surface area contributed by atoms with Crippen LogP contribution in [0.1, 0.15) is 39.2 Å². The smallest absolute Gasteiger partial charge is 0.164 e. The van der Waals surface area contributed by atoms with E-state index in [1.165, 1.54) is 0 Å². The van der Waals surface area contributed by atoms with Gasteiger partial charge < -0.3 is 14.2 Å². The van der Waals surface area contributed by atoms with Gasteiger partial charge in [-0.15, -0.1) is 0 Å². The van der Waals surface area contributed by atoms with Crippen LogP contribution in [-0.2, 0) is 0 Å². The number of methoxy groups -OCH3 is 1. The van der Waals surface area contributed by atoms with Crippen LogP contribution in [0.25, 0.3) is 6.08 Å². The van der Waals surface area contributed by atoms with E-state index < -0.39 is 0 Å². The number of hydrogen-bond donors (Lipinski definition) is 0. The fourth-order valence-electron chi connectivity index (χ4n) is 1.98. The van der Waals surface area contributed by atoms with E-state index in [0.717, 1.165) is 35.7 Å². The third kappa shape index (κ3) is 3.22.